The molecule has 0 spiro atoms. The van der Waals surface area contributed by atoms with Crippen molar-refractivity contribution in [2.24, 2.45) is 7.05 Å². The molecule has 0 saturated carbocycles. The van der Waals surface area contributed by atoms with E-state index >= 15 is 0 Å². The van der Waals surface area contributed by atoms with Crippen LogP contribution >= 0.6 is 0 Å². The van der Waals surface area contributed by atoms with Crippen LogP contribution in [0.4, 0.5) is 0 Å². The summed E-state index contributed by atoms with van der Waals surface area (Å²) in [6, 6.07) is 3.71. The molecule has 78 valence electrons. The van der Waals surface area contributed by atoms with E-state index in [9.17, 15) is 4.79 Å². The van der Waals surface area contributed by atoms with Gasteiger partial charge in [0.15, 0.2) is 0 Å². The Hall–Kier alpha value is -1.84. The van der Waals surface area contributed by atoms with Gasteiger partial charge < -0.3 is 4.57 Å². The highest BCUT2D eigenvalue weighted by atomic mass is 16.1. The van der Waals surface area contributed by atoms with Gasteiger partial charge in [0.25, 0.3) is 5.56 Å². The van der Waals surface area contributed by atoms with Crippen LogP contribution in [0.15, 0.2) is 35.5 Å². The largest absolute Gasteiger partial charge is 0.315 e. The first-order valence-electron chi connectivity index (χ1n) is 4.91. The van der Waals surface area contributed by atoms with Crippen molar-refractivity contribution < 1.29 is 0 Å². The predicted molar refractivity (Wildman–Crippen MR) is 58.6 cm³/mol. The summed E-state index contributed by atoms with van der Waals surface area (Å²) in [7, 11) is 1.84. The van der Waals surface area contributed by atoms with Gasteiger partial charge in [-0.05, 0) is 19.1 Å². The predicted octanol–water partition coefficient (Wildman–Crippen LogP) is 1.27. The van der Waals surface area contributed by atoms with E-state index in [0.717, 1.165) is 5.56 Å². The molecule has 0 unspecified atom stereocenters. The summed E-state index contributed by atoms with van der Waals surface area (Å²) in [5.74, 6) is 0. The average molecular weight is 203 g/mol. The first-order valence-corrected chi connectivity index (χ1v) is 4.91. The summed E-state index contributed by atoms with van der Waals surface area (Å²) in [5.41, 5.74) is 1.60. The van der Waals surface area contributed by atoms with Crippen LogP contribution in [0.2, 0.25) is 0 Å². The van der Waals surface area contributed by atoms with Crippen LogP contribution in [0.3, 0.4) is 0 Å². The summed E-state index contributed by atoms with van der Waals surface area (Å²) in [5, 5.41) is 4.06. The van der Waals surface area contributed by atoms with E-state index in [2.05, 4.69) is 5.10 Å². The zero-order valence-corrected chi connectivity index (χ0v) is 8.84. The number of hydrogen-bond donors (Lipinski definition) is 0. The SMILES string of the molecule is CCn1cccc(-c2cnn(C)c2)c1=O. The molecule has 0 aliphatic heterocycles. The van der Waals surface area contributed by atoms with Crippen LogP contribution < -0.4 is 5.56 Å². The highest BCUT2D eigenvalue weighted by molar-refractivity contribution is 5.60. The van der Waals surface area contributed by atoms with Gasteiger partial charge in [-0.25, -0.2) is 0 Å². The Kier molecular flexibility index (Phi) is 2.41. The van der Waals surface area contributed by atoms with Gasteiger partial charge in [-0.2, -0.15) is 5.10 Å². The molecular weight excluding hydrogens is 190 g/mol. The van der Waals surface area contributed by atoms with Crippen molar-refractivity contribution in [3.05, 3.63) is 41.1 Å². The average Bonchev–Trinajstić information content (AvgIpc) is 2.65. The topological polar surface area (TPSA) is 39.8 Å². The minimum absolute atomic E-state index is 0.0352. The fraction of sp³-hybridized carbons (Fsp3) is 0.273. The third kappa shape index (κ3) is 1.70. The Morgan fingerprint density at radius 3 is 2.87 bits per heavy atom. The molecule has 0 N–H and O–H groups in total. The number of pyridine rings is 1. The Morgan fingerprint density at radius 1 is 1.47 bits per heavy atom. The molecule has 15 heavy (non-hydrogen) atoms. The molecular formula is C11H13N3O. The van der Waals surface area contributed by atoms with Crippen molar-refractivity contribution >= 4 is 0 Å². The van der Waals surface area contributed by atoms with Gasteiger partial charge in [-0.15, -0.1) is 0 Å². The third-order valence-electron chi connectivity index (χ3n) is 2.38. The Bertz CT molecular complexity index is 525. The minimum atomic E-state index is 0.0352. The first-order chi connectivity index (χ1) is 7.22. The van der Waals surface area contributed by atoms with E-state index in [1.54, 1.807) is 21.6 Å². The maximum Gasteiger partial charge on any atom is 0.258 e. The van der Waals surface area contributed by atoms with Gasteiger partial charge in [0, 0.05) is 31.5 Å². The fourth-order valence-electron chi connectivity index (χ4n) is 1.57. The molecule has 0 atom stereocenters. The molecule has 4 nitrogen and oxygen atoms in total. The van der Waals surface area contributed by atoms with Crippen molar-refractivity contribution in [2.75, 3.05) is 0 Å². The lowest BCUT2D eigenvalue weighted by molar-refractivity contribution is 0.729. The smallest absolute Gasteiger partial charge is 0.258 e. The standard InChI is InChI=1S/C11H13N3O/c1-3-14-6-4-5-10(11(14)15)9-7-12-13(2)8-9/h4-8H,3H2,1-2H3. The van der Waals surface area contributed by atoms with E-state index in [4.69, 9.17) is 0 Å². The third-order valence-corrected chi connectivity index (χ3v) is 2.38. The summed E-state index contributed by atoms with van der Waals surface area (Å²) < 4.78 is 3.38. The Balaban J connectivity index is 2.58. The van der Waals surface area contributed by atoms with E-state index in [1.807, 2.05) is 32.3 Å². The van der Waals surface area contributed by atoms with E-state index in [-0.39, 0.29) is 5.56 Å². The molecule has 0 aliphatic rings. The number of rotatable bonds is 2. The van der Waals surface area contributed by atoms with Gasteiger partial charge in [0.05, 0.1) is 11.8 Å². The zero-order chi connectivity index (χ0) is 10.8. The monoisotopic (exact) mass is 203 g/mol. The Morgan fingerprint density at radius 2 is 2.27 bits per heavy atom. The number of nitrogens with zero attached hydrogens (tertiary/aromatic N) is 3. The second kappa shape index (κ2) is 3.73. The molecule has 0 amide bonds. The van der Waals surface area contributed by atoms with Crippen LogP contribution in [-0.2, 0) is 13.6 Å². The summed E-state index contributed by atoms with van der Waals surface area (Å²) in [6.45, 7) is 2.64. The first kappa shape index (κ1) is 9.71. The van der Waals surface area contributed by atoms with Gasteiger partial charge in [-0.1, -0.05) is 0 Å². The van der Waals surface area contributed by atoms with Gasteiger partial charge in [-0.3, -0.25) is 9.48 Å². The lowest BCUT2D eigenvalue weighted by Gasteiger charge is -2.02. The molecule has 2 heterocycles. The van der Waals surface area contributed by atoms with Crippen LogP contribution in [-0.4, -0.2) is 14.3 Å². The summed E-state index contributed by atoms with van der Waals surface area (Å²) in [4.78, 5) is 11.9. The van der Waals surface area contributed by atoms with Crippen molar-refractivity contribution in [1.29, 1.82) is 0 Å². The molecule has 0 aliphatic carbocycles. The zero-order valence-electron chi connectivity index (χ0n) is 8.84. The van der Waals surface area contributed by atoms with Gasteiger partial charge in [0.1, 0.15) is 0 Å². The van der Waals surface area contributed by atoms with E-state index in [0.29, 0.717) is 12.1 Å². The molecule has 0 fully saturated rings. The number of hydrogen-bond acceptors (Lipinski definition) is 2. The van der Waals surface area contributed by atoms with Crippen LogP contribution in [0.25, 0.3) is 11.1 Å². The Labute approximate surface area is 87.8 Å². The molecule has 2 aromatic rings. The summed E-state index contributed by atoms with van der Waals surface area (Å²) in [6.07, 6.45) is 5.34. The number of aryl methyl sites for hydroxylation is 2. The van der Waals surface area contributed by atoms with Crippen LogP contribution in [0, 0.1) is 0 Å². The highest BCUT2D eigenvalue weighted by Crippen LogP contribution is 2.12. The molecule has 0 bridgehead atoms. The lowest BCUT2D eigenvalue weighted by Crippen LogP contribution is -2.19. The second-order valence-electron chi connectivity index (χ2n) is 3.42. The van der Waals surface area contributed by atoms with E-state index in [1.165, 1.54) is 0 Å². The summed E-state index contributed by atoms with van der Waals surface area (Å²) >= 11 is 0. The molecule has 0 saturated heterocycles. The van der Waals surface area contributed by atoms with Crippen molar-refractivity contribution in [2.45, 2.75) is 13.5 Å². The second-order valence-corrected chi connectivity index (χ2v) is 3.42. The number of aromatic nitrogens is 3. The fourth-order valence-corrected chi connectivity index (χ4v) is 1.57. The maximum absolute atomic E-state index is 11.9. The van der Waals surface area contributed by atoms with Crippen molar-refractivity contribution in [1.82, 2.24) is 14.3 Å². The molecule has 0 radical (unpaired) electrons. The molecule has 4 heteroatoms. The lowest BCUT2D eigenvalue weighted by atomic mass is 10.1. The van der Waals surface area contributed by atoms with Crippen LogP contribution in [0.5, 0.6) is 0 Å². The highest BCUT2D eigenvalue weighted by Gasteiger charge is 2.06. The van der Waals surface area contributed by atoms with Crippen LogP contribution in [0.1, 0.15) is 6.92 Å². The van der Waals surface area contributed by atoms with Crippen molar-refractivity contribution in [3.8, 4) is 11.1 Å². The maximum atomic E-state index is 11.9. The van der Waals surface area contributed by atoms with E-state index < -0.39 is 0 Å². The van der Waals surface area contributed by atoms with Gasteiger partial charge >= 0.3 is 0 Å². The normalized spacial score (nSPS) is 10.5. The molecule has 0 aromatic carbocycles. The quantitative estimate of drug-likeness (QED) is 0.737. The molecule has 2 aromatic heterocycles. The molecule has 2 rings (SSSR count). The van der Waals surface area contributed by atoms with Crippen molar-refractivity contribution in [3.63, 3.8) is 0 Å². The minimum Gasteiger partial charge on any atom is -0.315 e. The van der Waals surface area contributed by atoms with Gasteiger partial charge in [0.2, 0.25) is 0 Å².